The second-order valence-electron chi connectivity index (χ2n) is 11.7. The minimum absolute atomic E-state index is 0.0137. The van der Waals surface area contributed by atoms with Gasteiger partial charge in [0.2, 0.25) is 0 Å². The minimum Gasteiger partial charge on any atom is -0.487 e. The normalized spacial score (nSPS) is 18.6. The summed E-state index contributed by atoms with van der Waals surface area (Å²) in [7, 11) is 1.61. The molecule has 0 radical (unpaired) electrons. The molecule has 2 aliphatic heterocycles. The number of hydrogen-bond acceptors (Lipinski definition) is 7. The first-order valence-corrected chi connectivity index (χ1v) is 14.0. The van der Waals surface area contributed by atoms with Gasteiger partial charge in [0.05, 0.1) is 17.2 Å². The van der Waals surface area contributed by atoms with E-state index in [1.165, 1.54) is 16.7 Å². The molecule has 2 aromatic heterocycles. The molecule has 1 unspecified atom stereocenters. The molecule has 1 fully saturated rings. The van der Waals surface area contributed by atoms with Crippen LogP contribution in [0.25, 0.3) is 11.0 Å². The van der Waals surface area contributed by atoms with E-state index in [-0.39, 0.29) is 34.8 Å². The van der Waals surface area contributed by atoms with Gasteiger partial charge in [-0.25, -0.2) is 9.37 Å². The second kappa shape index (κ2) is 10.3. The molecule has 2 aliphatic rings. The van der Waals surface area contributed by atoms with E-state index in [9.17, 15) is 19.7 Å². The smallest absolute Gasteiger partial charge is 0.270 e. The van der Waals surface area contributed by atoms with Crippen LogP contribution >= 0.6 is 0 Å². The third-order valence-electron chi connectivity index (χ3n) is 8.37. The van der Waals surface area contributed by atoms with Gasteiger partial charge in [-0.3, -0.25) is 9.69 Å². The zero-order chi connectivity index (χ0) is 29.8. The largest absolute Gasteiger partial charge is 0.487 e. The topological polar surface area (TPSA) is 98.2 Å². The Bertz CT molecular complexity index is 1850. The summed E-state index contributed by atoms with van der Waals surface area (Å²) in [5, 5.41) is 19.6. The fraction of sp³-hybridized carbons (Fsp3) is 0.333. The zero-order valence-corrected chi connectivity index (χ0v) is 24.1. The molecule has 8 nitrogen and oxygen atoms in total. The average Bonchev–Trinajstić information content (AvgIpc) is 3.30. The predicted molar refractivity (Wildman–Crippen MR) is 158 cm³/mol. The molecule has 6 rings (SSSR count). The number of aryl methyl sites for hydroxylation is 1. The highest BCUT2D eigenvalue weighted by Crippen LogP contribution is 2.44. The fourth-order valence-corrected chi connectivity index (χ4v) is 6.47. The molecule has 2 aromatic carbocycles. The van der Waals surface area contributed by atoms with Crippen molar-refractivity contribution >= 4 is 16.7 Å². The van der Waals surface area contributed by atoms with Crippen molar-refractivity contribution in [3.8, 4) is 17.9 Å². The molecule has 212 valence electrons. The van der Waals surface area contributed by atoms with Gasteiger partial charge in [0.25, 0.3) is 5.56 Å². The summed E-state index contributed by atoms with van der Waals surface area (Å²) in [5.41, 5.74) is 4.13. The molecule has 0 spiro atoms. The van der Waals surface area contributed by atoms with Crippen LogP contribution in [0.1, 0.15) is 54.8 Å². The molecule has 42 heavy (non-hydrogen) atoms. The lowest BCUT2D eigenvalue weighted by Gasteiger charge is -2.45. The van der Waals surface area contributed by atoms with E-state index >= 15 is 0 Å². The molecule has 0 amide bonds. The standard InChI is InChI=1S/C33H31FN6O2/c1-20-19-39(30-26(18-36)32(41)38(4)27-13-12-24(17-35)37-28(27)30)14-15-40(20)29(21-8-10-23(34)11-9-21)25-7-5-6-22-16-33(2,3)42-31(22)25/h5-13,20,29H,14-16,19H2,1-4H3/t20-,29?/m1/s1. The Morgan fingerprint density at radius 3 is 2.52 bits per heavy atom. The van der Waals surface area contributed by atoms with Crippen molar-refractivity contribution in [1.29, 1.82) is 10.5 Å². The van der Waals surface area contributed by atoms with Gasteiger partial charge in [-0.15, -0.1) is 0 Å². The number of nitrogens with zero attached hydrogens (tertiary/aromatic N) is 6. The van der Waals surface area contributed by atoms with Gasteiger partial charge >= 0.3 is 0 Å². The van der Waals surface area contributed by atoms with Crippen LogP contribution in [-0.2, 0) is 13.5 Å². The number of ether oxygens (including phenoxy) is 1. The van der Waals surface area contributed by atoms with Crippen LogP contribution in [0.15, 0.2) is 59.4 Å². The SMILES string of the molecule is C[C@@H]1CN(c2c(C#N)c(=O)n(C)c3ccc(C#N)nc23)CCN1C(c1ccc(F)cc1)c1cccc2c1OC(C)(C)C2. The van der Waals surface area contributed by atoms with Crippen LogP contribution in [-0.4, -0.2) is 45.7 Å². The van der Waals surface area contributed by atoms with Crippen molar-refractivity contribution in [2.24, 2.45) is 7.05 Å². The van der Waals surface area contributed by atoms with E-state index in [4.69, 9.17) is 4.74 Å². The quantitative estimate of drug-likeness (QED) is 0.351. The van der Waals surface area contributed by atoms with Crippen LogP contribution in [0.5, 0.6) is 5.75 Å². The molecule has 9 heteroatoms. The van der Waals surface area contributed by atoms with Crippen LogP contribution in [0.4, 0.5) is 10.1 Å². The van der Waals surface area contributed by atoms with Crippen LogP contribution in [0.2, 0.25) is 0 Å². The van der Waals surface area contributed by atoms with Gasteiger partial charge < -0.3 is 14.2 Å². The molecule has 0 aliphatic carbocycles. The number of benzene rings is 2. The van der Waals surface area contributed by atoms with E-state index in [1.54, 1.807) is 19.2 Å². The first kappa shape index (κ1) is 27.4. The maximum absolute atomic E-state index is 14.0. The minimum atomic E-state index is -0.398. The predicted octanol–water partition coefficient (Wildman–Crippen LogP) is 4.83. The first-order valence-electron chi connectivity index (χ1n) is 14.0. The Morgan fingerprint density at radius 2 is 1.83 bits per heavy atom. The fourth-order valence-electron chi connectivity index (χ4n) is 6.47. The van der Waals surface area contributed by atoms with Crippen molar-refractivity contribution in [3.63, 3.8) is 0 Å². The summed E-state index contributed by atoms with van der Waals surface area (Å²) >= 11 is 0. The Morgan fingerprint density at radius 1 is 1.07 bits per heavy atom. The van der Waals surface area contributed by atoms with Crippen molar-refractivity contribution in [2.45, 2.75) is 44.9 Å². The van der Waals surface area contributed by atoms with Crippen LogP contribution in [0.3, 0.4) is 0 Å². The monoisotopic (exact) mass is 562 g/mol. The summed E-state index contributed by atoms with van der Waals surface area (Å²) in [5.74, 6) is 0.584. The van der Waals surface area contributed by atoms with Gasteiger partial charge in [0, 0.05) is 44.7 Å². The number of para-hydroxylation sites is 1. The summed E-state index contributed by atoms with van der Waals surface area (Å²) in [6, 6.07) is 20.1. The lowest BCUT2D eigenvalue weighted by molar-refractivity contribution is 0.124. The van der Waals surface area contributed by atoms with Crippen LogP contribution < -0.4 is 15.2 Å². The molecule has 2 atom stereocenters. The zero-order valence-electron chi connectivity index (χ0n) is 24.1. The number of halogens is 1. The van der Waals surface area contributed by atoms with Gasteiger partial charge in [-0.05, 0) is 56.2 Å². The molecular formula is C33H31FN6O2. The van der Waals surface area contributed by atoms with E-state index in [1.807, 2.05) is 17.0 Å². The number of fused-ring (bicyclic) bond motifs is 2. The van der Waals surface area contributed by atoms with Gasteiger partial charge in [0.1, 0.15) is 46.1 Å². The molecule has 0 saturated carbocycles. The Kier molecular flexibility index (Phi) is 6.71. The van der Waals surface area contributed by atoms with Gasteiger partial charge in [-0.1, -0.05) is 30.3 Å². The highest BCUT2D eigenvalue weighted by Gasteiger charge is 2.38. The number of nitriles is 2. The lowest BCUT2D eigenvalue weighted by Crippen LogP contribution is -2.53. The molecule has 4 aromatic rings. The highest BCUT2D eigenvalue weighted by molar-refractivity contribution is 5.92. The van der Waals surface area contributed by atoms with Crippen molar-refractivity contribution in [2.75, 3.05) is 24.5 Å². The Hall–Kier alpha value is -4.73. The maximum Gasteiger partial charge on any atom is 0.270 e. The first-order chi connectivity index (χ1) is 20.1. The Labute approximate surface area is 243 Å². The third-order valence-corrected chi connectivity index (χ3v) is 8.37. The van der Waals surface area contributed by atoms with E-state index in [0.29, 0.717) is 36.4 Å². The number of pyridine rings is 2. The summed E-state index contributed by atoms with van der Waals surface area (Å²) in [6.07, 6.45) is 0.806. The molecule has 1 saturated heterocycles. The van der Waals surface area contributed by atoms with Gasteiger partial charge in [-0.2, -0.15) is 10.5 Å². The average molecular weight is 563 g/mol. The number of piperazine rings is 1. The van der Waals surface area contributed by atoms with Crippen molar-refractivity contribution in [1.82, 2.24) is 14.5 Å². The van der Waals surface area contributed by atoms with E-state index in [0.717, 1.165) is 28.9 Å². The molecular weight excluding hydrogens is 531 g/mol. The third kappa shape index (κ3) is 4.56. The summed E-state index contributed by atoms with van der Waals surface area (Å²) < 4.78 is 21.9. The number of aromatic nitrogens is 2. The summed E-state index contributed by atoms with van der Waals surface area (Å²) in [6.45, 7) is 7.89. The van der Waals surface area contributed by atoms with Crippen molar-refractivity contribution < 1.29 is 9.13 Å². The molecule has 0 bridgehead atoms. The Balaban J connectivity index is 1.43. The van der Waals surface area contributed by atoms with Crippen molar-refractivity contribution in [3.05, 3.63) is 98.7 Å². The number of rotatable bonds is 4. The molecule has 4 heterocycles. The number of anilines is 1. The van der Waals surface area contributed by atoms with Crippen LogP contribution in [0, 0.1) is 28.5 Å². The highest BCUT2D eigenvalue weighted by atomic mass is 19.1. The van der Waals surface area contributed by atoms with Gasteiger partial charge in [0.15, 0.2) is 0 Å². The number of hydrogen-bond donors (Lipinski definition) is 0. The summed E-state index contributed by atoms with van der Waals surface area (Å²) in [4.78, 5) is 22.2. The maximum atomic E-state index is 14.0. The second-order valence-corrected chi connectivity index (χ2v) is 11.7. The van der Waals surface area contributed by atoms with E-state index < -0.39 is 5.56 Å². The molecule has 0 N–H and O–H groups in total. The van der Waals surface area contributed by atoms with E-state index in [2.05, 4.69) is 61.0 Å². The lowest BCUT2D eigenvalue weighted by atomic mass is 9.91.